The Hall–Kier alpha value is -2.43. The summed E-state index contributed by atoms with van der Waals surface area (Å²) < 4.78 is 0. The van der Waals surface area contributed by atoms with Gasteiger partial charge in [-0.2, -0.15) is 0 Å². The maximum atomic E-state index is 12.8. The summed E-state index contributed by atoms with van der Waals surface area (Å²) in [6.45, 7) is 5.50. The molecule has 4 rings (SSSR count). The first-order chi connectivity index (χ1) is 11.9. The zero-order valence-corrected chi connectivity index (χ0v) is 14.7. The highest BCUT2D eigenvalue weighted by molar-refractivity contribution is 6.10. The van der Waals surface area contributed by atoms with Crippen LogP contribution in [0.25, 0.3) is 0 Å². The first kappa shape index (κ1) is 16.1. The van der Waals surface area contributed by atoms with Crippen molar-refractivity contribution in [3.05, 3.63) is 41.5 Å². The lowest BCUT2D eigenvalue weighted by Gasteiger charge is -2.24. The number of hydrogen-bond donors (Lipinski definition) is 1. The molecule has 1 saturated carbocycles. The number of nitrogens with zero attached hydrogens (tertiary/aromatic N) is 1. The minimum absolute atomic E-state index is 0.158. The van der Waals surface area contributed by atoms with E-state index in [0.717, 1.165) is 23.2 Å². The van der Waals surface area contributed by atoms with Gasteiger partial charge in [0.15, 0.2) is 0 Å². The lowest BCUT2D eigenvalue weighted by atomic mass is 9.85. The first-order valence-corrected chi connectivity index (χ1v) is 8.82. The monoisotopic (exact) mass is 338 g/mol. The summed E-state index contributed by atoms with van der Waals surface area (Å²) in [6, 6.07) is 5.01. The van der Waals surface area contributed by atoms with Crippen LogP contribution in [-0.2, 0) is 14.4 Å². The topological polar surface area (TPSA) is 66.5 Å². The minimum atomic E-state index is -0.801. The van der Waals surface area contributed by atoms with E-state index in [-0.39, 0.29) is 41.4 Å². The van der Waals surface area contributed by atoms with Gasteiger partial charge in [0.25, 0.3) is 0 Å². The molecule has 1 N–H and O–H groups in total. The summed E-state index contributed by atoms with van der Waals surface area (Å²) in [5.74, 6) is -0.907. The summed E-state index contributed by atoms with van der Waals surface area (Å²) >= 11 is 0. The second kappa shape index (κ2) is 5.55. The second-order valence-electron chi connectivity index (χ2n) is 7.53. The Morgan fingerprint density at radius 2 is 1.72 bits per heavy atom. The Balaban J connectivity index is 1.54. The van der Waals surface area contributed by atoms with Crippen LogP contribution in [0, 0.1) is 37.5 Å². The van der Waals surface area contributed by atoms with Gasteiger partial charge in [0.05, 0.1) is 11.8 Å². The number of benzene rings is 1. The fourth-order valence-corrected chi connectivity index (χ4v) is 4.53. The molecule has 5 heteroatoms. The number of aryl methyl sites for hydroxylation is 2. The number of amides is 3. The standard InChI is InChI=1S/C20H22N2O3/c1-10-4-5-11(2)15(8-10)21-18(23)12(3)22-19(24)16-13-6-7-14(9-13)17(16)20(22)25/h4-8,12-14,16-17H,9H2,1-3H3,(H,21,23)/t12-,13-,14+,16-,17-/m0/s1. The lowest BCUT2D eigenvalue weighted by Crippen LogP contribution is -2.46. The maximum absolute atomic E-state index is 12.8. The Kier molecular flexibility index (Phi) is 3.56. The molecule has 1 aromatic rings. The van der Waals surface area contributed by atoms with E-state index in [4.69, 9.17) is 0 Å². The molecule has 1 aromatic carbocycles. The van der Waals surface area contributed by atoms with Crippen LogP contribution in [0.15, 0.2) is 30.4 Å². The van der Waals surface area contributed by atoms with Gasteiger partial charge in [0, 0.05) is 5.69 Å². The third kappa shape index (κ3) is 2.33. The molecule has 3 amide bonds. The first-order valence-electron chi connectivity index (χ1n) is 8.82. The summed E-state index contributed by atoms with van der Waals surface area (Å²) in [4.78, 5) is 39.5. The van der Waals surface area contributed by atoms with Crippen molar-refractivity contribution in [3.8, 4) is 0 Å². The van der Waals surface area contributed by atoms with E-state index in [1.54, 1.807) is 6.92 Å². The number of hydrogen-bond acceptors (Lipinski definition) is 3. The Morgan fingerprint density at radius 1 is 1.12 bits per heavy atom. The molecule has 0 radical (unpaired) electrons. The van der Waals surface area contributed by atoms with Crippen LogP contribution < -0.4 is 5.32 Å². The number of allylic oxidation sites excluding steroid dienone is 2. The van der Waals surface area contributed by atoms with Gasteiger partial charge in [-0.25, -0.2) is 0 Å². The zero-order chi connectivity index (χ0) is 17.9. The van der Waals surface area contributed by atoms with Crippen LogP contribution in [0.4, 0.5) is 5.69 Å². The largest absolute Gasteiger partial charge is 0.324 e. The smallest absolute Gasteiger partial charge is 0.247 e. The van der Waals surface area contributed by atoms with Gasteiger partial charge in [-0.15, -0.1) is 0 Å². The number of rotatable bonds is 3. The van der Waals surface area contributed by atoms with Crippen LogP contribution in [0.3, 0.4) is 0 Å². The normalized spacial score (nSPS) is 30.8. The van der Waals surface area contributed by atoms with Crippen molar-refractivity contribution in [2.75, 3.05) is 5.32 Å². The van der Waals surface area contributed by atoms with Crippen molar-refractivity contribution >= 4 is 23.4 Å². The number of nitrogens with one attached hydrogen (secondary N) is 1. The van der Waals surface area contributed by atoms with Gasteiger partial charge in [0.2, 0.25) is 17.7 Å². The molecule has 2 aliphatic carbocycles. The van der Waals surface area contributed by atoms with Crippen molar-refractivity contribution in [3.63, 3.8) is 0 Å². The van der Waals surface area contributed by atoms with Crippen molar-refractivity contribution in [1.29, 1.82) is 0 Å². The molecule has 1 saturated heterocycles. The van der Waals surface area contributed by atoms with E-state index >= 15 is 0 Å². The highest BCUT2D eigenvalue weighted by Gasteiger charge is 2.60. The average Bonchev–Trinajstić information content (AvgIpc) is 3.24. The molecular formula is C20H22N2O3. The minimum Gasteiger partial charge on any atom is -0.324 e. The van der Waals surface area contributed by atoms with Crippen LogP contribution in [0.5, 0.6) is 0 Å². The van der Waals surface area contributed by atoms with Crippen LogP contribution in [0.2, 0.25) is 0 Å². The molecule has 25 heavy (non-hydrogen) atoms. The molecule has 2 bridgehead atoms. The highest BCUT2D eigenvalue weighted by atomic mass is 16.2. The van der Waals surface area contributed by atoms with Crippen LogP contribution in [0.1, 0.15) is 24.5 Å². The van der Waals surface area contributed by atoms with Gasteiger partial charge in [-0.3, -0.25) is 19.3 Å². The molecule has 0 spiro atoms. The molecular weight excluding hydrogens is 316 g/mol. The van der Waals surface area contributed by atoms with Crippen molar-refractivity contribution in [2.24, 2.45) is 23.7 Å². The SMILES string of the molecule is Cc1ccc(C)c(NC(=O)[C@H](C)N2C(=O)[C@@H]3[C@@H](C2=O)[C@H]2C=C[C@@H]3C2)c1. The third-order valence-corrected chi connectivity index (χ3v) is 5.92. The number of carbonyl (C=O) groups is 3. The maximum Gasteiger partial charge on any atom is 0.247 e. The average molecular weight is 338 g/mol. The third-order valence-electron chi connectivity index (χ3n) is 5.92. The number of carbonyl (C=O) groups excluding carboxylic acids is 3. The Bertz CT molecular complexity index is 783. The van der Waals surface area contributed by atoms with E-state index in [9.17, 15) is 14.4 Å². The number of imide groups is 1. The summed E-state index contributed by atoms with van der Waals surface area (Å²) in [7, 11) is 0. The molecule has 5 nitrogen and oxygen atoms in total. The second-order valence-corrected chi connectivity index (χ2v) is 7.53. The molecule has 3 aliphatic rings. The van der Waals surface area contributed by atoms with Gasteiger partial charge in [-0.1, -0.05) is 24.3 Å². The molecule has 130 valence electrons. The number of likely N-dealkylation sites (tertiary alicyclic amines) is 1. The summed E-state index contributed by atoms with van der Waals surface area (Å²) in [6.07, 6.45) is 5.01. The van der Waals surface area contributed by atoms with Gasteiger partial charge >= 0.3 is 0 Å². The molecule has 1 heterocycles. The quantitative estimate of drug-likeness (QED) is 0.680. The lowest BCUT2D eigenvalue weighted by molar-refractivity contribution is -0.146. The predicted molar refractivity (Wildman–Crippen MR) is 93.6 cm³/mol. The van der Waals surface area contributed by atoms with Crippen molar-refractivity contribution in [1.82, 2.24) is 4.90 Å². The van der Waals surface area contributed by atoms with Gasteiger partial charge < -0.3 is 5.32 Å². The predicted octanol–water partition coefficient (Wildman–Crippen LogP) is 2.44. The fourth-order valence-electron chi connectivity index (χ4n) is 4.53. The van der Waals surface area contributed by atoms with Crippen molar-refractivity contribution < 1.29 is 14.4 Å². The molecule has 0 unspecified atom stereocenters. The zero-order valence-electron chi connectivity index (χ0n) is 14.7. The van der Waals surface area contributed by atoms with E-state index in [0.29, 0.717) is 0 Å². The molecule has 2 fully saturated rings. The fraction of sp³-hybridized carbons (Fsp3) is 0.450. The molecule has 0 aromatic heterocycles. The summed E-state index contributed by atoms with van der Waals surface area (Å²) in [5, 5.41) is 2.87. The van der Waals surface area contributed by atoms with E-state index in [1.807, 2.05) is 32.0 Å². The molecule has 1 aliphatic heterocycles. The molecule has 5 atom stereocenters. The van der Waals surface area contributed by atoms with E-state index in [1.165, 1.54) is 4.90 Å². The van der Waals surface area contributed by atoms with Gasteiger partial charge in [-0.05, 0) is 56.2 Å². The number of anilines is 1. The Labute approximate surface area is 147 Å². The van der Waals surface area contributed by atoms with Gasteiger partial charge in [0.1, 0.15) is 6.04 Å². The summed E-state index contributed by atoms with van der Waals surface area (Å²) in [5.41, 5.74) is 2.71. The van der Waals surface area contributed by atoms with Crippen LogP contribution in [-0.4, -0.2) is 28.7 Å². The van der Waals surface area contributed by atoms with Crippen LogP contribution >= 0.6 is 0 Å². The number of fused-ring (bicyclic) bond motifs is 5. The highest BCUT2D eigenvalue weighted by Crippen LogP contribution is 2.52. The Morgan fingerprint density at radius 3 is 2.32 bits per heavy atom. The van der Waals surface area contributed by atoms with Crippen molar-refractivity contribution in [2.45, 2.75) is 33.2 Å². The van der Waals surface area contributed by atoms with E-state index < -0.39 is 6.04 Å². The van der Waals surface area contributed by atoms with E-state index in [2.05, 4.69) is 17.5 Å².